The van der Waals surface area contributed by atoms with Gasteiger partial charge in [-0.25, -0.2) is 4.79 Å². The van der Waals surface area contributed by atoms with Crippen LogP contribution in [0.1, 0.15) is 20.9 Å². The second-order valence-corrected chi connectivity index (χ2v) is 3.81. The lowest BCUT2D eigenvalue weighted by Crippen LogP contribution is -2.08. The van der Waals surface area contributed by atoms with Crippen LogP contribution in [0.2, 0.25) is 0 Å². The minimum atomic E-state index is -0.916. The van der Waals surface area contributed by atoms with Crippen molar-refractivity contribution in [2.75, 3.05) is 7.11 Å². The highest BCUT2D eigenvalue weighted by Gasteiger charge is 2.20. The lowest BCUT2D eigenvalue weighted by atomic mass is 10.2. The summed E-state index contributed by atoms with van der Waals surface area (Å²) in [7, 11) is 1.35. The van der Waals surface area contributed by atoms with Gasteiger partial charge in [0.15, 0.2) is 11.5 Å². The Balaban J connectivity index is 2.22. The van der Waals surface area contributed by atoms with Crippen LogP contribution in [0.5, 0.6) is 11.5 Å². The molecule has 0 bridgehead atoms. The summed E-state index contributed by atoms with van der Waals surface area (Å²) in [4.78, 5) is 32.2. The first kappa shape index (κ1) is 14.3. The summed E-state index contributed by atoms with van der Waals surface area (Å²) in [5, 5.41) is 10.5. The first-order chi connectivity index (χ1) is 10.0. The molecule has 0 unspecified atom stereocenters. The number of ether oxygens (including phenoxy) is 2. The van der Waals surface area contributed by atoms with Gasteiger partial charge >= 0.3 is 11.9 Å². The molecule has 0 aliphatic carbocycles. The molecule has 108 valence electrons. The van der Waals surface area contributed by atoms with Crippen LogP contribution >= 0.6 is 0 Å². The molecule has 8 nitrogen and oxygen atoms in total. The van der Waals surface area contributed by atoms with Crippen LogP contribution in [0, 0.1) is 10.1 Å². The van der Waals surface area contributed by atoms with E-state index >= 15 is 0 Å². The van der Waals surface area contributed by atoms with Crippen LogP contribution < -0.4 is 9.47 Å². The smallest absolute Gasteiger partial charge is 0.433 e. The average Bonchev–Trinajstić information content (AvgIpc) is 2.97. The van der Waals surface area contributed by atoms with E-state index in [9.17, 15) is 19.7 Å². The first-order valence-electron chi connectivity index (χ1n) is 5.64. The number of methoxy groups -OCH3 is 1. The lowest BCUT2D eigenvalue weighted by molar-refractivity contribution is -0.402. The maximum absolute atomic E-state index is 11.8. The quantitative estimate of drug-likeness (QED) is 0.273. The fraction of sp³-hybridized carbons (Fsp3) is 0.0769. The predicted molar refractivity (Wildman–Crippen MR) is 68.7 cm³/mol. The van der Waals surface area contributed by atoms with Gasteiger partial charge in [0.1, 0.15) is 11.2 Å². The Morgan fingerprint density at radius 3 is 2.62 bits per heavy atom. The van der Waals surface area contributed by atoms with Crippen molar-refractivity contribution in [2.24, 2.45) is 0 Å². The zero-order valence-corrected chi connectivity index (χ0v) is 10.8. The Morgan fingerprint density at radius 1 is 1.29 bits per heavy atom. The number of nitrogens with zero attached hydrogens (tertiary/aromatic N) is 1. The maximum atomic E-state index is 11.8. The molecule has 1 heterocycles. The van der Waals surface area contributed by atoms with Gasteiger partial charge in [-0.3, -0.25) is 14.9 Å². The lowest BCUT2D eigenvalue weighted by Gasteiger charge is -2.08. The Labute approximate surface area is 118 Å². The minimum absolute atomic E-state index is 0.0622. The molecule has 0 N–H and O–H groups in total. The zero-order chi connectivity index (χ0) is 15.4. The molecule has 0 aliphatic heterocycles. The monoisotopic (exact) mass is 291 g/mol. The SMILES string of the molecule is COc1cc(C=O)ccc1OC(=O)c1ccc([N+](=O)[O-])o1. The number of furan rings is 1. The highest BCUT2D eigenvalue weighted by Crippen LogP contribution is 2.28. The molecule has 0 saturated heterocycles. The largest absolute Gasteiger partial charge is 0.493 e. The summed E-state index contributed by atoms with van der Waals surface area (Å²) in [6, 6.07) is 6.37. The molecule has 1 aromatic heterocycles. The van der Waals surface area contributed by atoms with Crippen molar-refractivity contribution in [1.29, 1.82) is 0 Å². The molecule has 0 atom stereocenters. The molecule has 8 heteroatoms. The summed E-state index contributed by atoms with van der Waals surface area (Å²) in [6.45, 7) is 0. The first-order valence-corrected chi connectivity index (χ1v) is 5.64. The fourth-order valence-corrected chi connectivity index (χ4v) is 1.53. The predicted octanol–water partition coefficient (Wildman–Crippen LogP) is 2.23. The summed E-state index contributed by atoms with van der Waals surface area (Å²) in [6.07, 6.45) is 0.615. The second-order valence-electron chi connectivity index (χ2n) is 3.81. The van der Waals surface area contributed by atoms with Gasteiger partial charge in [0.25, 0.3) is 0 Å². The molecule has 2 rings (SSSR count). The third-order valence-electron chi connectivity index (χ3n) is 2.50. The van der Waals surface area contributed by atoms with Crippen molar-refractivity contribution in [3.8, 4) is 11.5 Å². The van der Waals surface area contributed by atoms with Gasteiger partial charge in [0.2, 0.25) is 5.76 Å². The van der Waals surface area contributed by atoms with Crippen LogP contribution in [-0.2, 0) is 0 Å². The Morgan fingerprint density at radius 2 is 2.05 bits per heavy atom. The van der Waals surface area contributed by atoms with Crippen molar-refractivity contribution in [3.05, 3.63) is 51.8 Å². The van der Waals surface area contributed by atoms with Crippen LogP contribution in [0.15, 0.2) is 34.7 Å². The number of hydrogen-bond donors (Lipinski definition) is 0. The van der Waals surface area contributed by atoms with Crippen molar-refractivity contribution >= 4 is 18.1 Å². The molecule has 0 aliphatic rings. The highest BCUT2D eigenvalue weighted by molar-refractivity contribution is 5.89. The van der Waals surface area contributed by atoms with Gasteiger partial charge in [-0.15, -0.1) is 0 Å². The number of aldehydes is 1. The van der Waals surface area contributed by atoms with E-state index in [1.54, 1.807) is 0 Å². The number of carbonyl (C=O) groups is 2. The maximum Gasteiger partial charge on any atom is 0.433 e. The van der Waals surface area contributed by atoms with E-state index in [2.05, 4.69) is 0 Å². The summed E-state index contributed by atoms with van der Waals surface area (Å²) in [5.74, 6) is -1.56. The molecule has 2 aromatic rings. The Hall–Kier alpha value is -3.16. The van der Waals surface area contributed by atoms with E-state index < -0.39 is 16.8 Å². The molecule has 0 amide bonds. The van der Waals surface area contributed by atoms with E-state index in [1.807, 2.05) is 0 Å². The molecule has 0 fully saturated rings. The Kier molecular flexibility index (Phi) is 3.98. The molecular weight excluding hydrogens is 282 g/mol. The third-order valence-corrected chi connectivity index (χ3v) is 2.50. The van der Waals surface area contributed by atoms with Gasteiger partial charge in [0.05, 0.1) is 13.2 Å². The van der Waals surface area contributed by atoms with E-state index in [4.69, 9.17) is 13.9 Å². The number of nitro groups is 1. The van der Waals surface area contributed by atoms with E-state index in [0.29, 0.717) is 11.8 Å². The van der Waals surface area contributed by atoms with Crippen LogP contribution in [0.25, 0.3) is 0 Å². The molecule has 0 spiro atoms. The van der Waals surface area contributed by atoms with Gasteiger partial charge in [-0.05, 0) is 24.3 Å². The van der Waals surface area contributed by atoms with Crippen LogP contribution in [0.3, 0.4) is 0 Å². The average molecular weight is 291 g/mol. The van der Waals surface area contributed by atoms with Crippen molar-refractivity contribution in [1.82, 2.24) is 0 Å². The highest BCUT2D eigenvalue weighted by atomic mass is 16.7. The molecule has 0 saturated carbocycles. The van der Waals surface area contributed by atoms with Crippen molar-refractivity contribution < 1.29 is 28.4 Å². The summed E-state index contributed by atoms with van der Waals surface area (Å²) in [5.41, 5.74) is 0.347. The van der Waals surface area contributed by atoms with Gasteiger partial charge < -0.3 is 13.9 Å². The second kappa shape index (κ2) is 5.87. The molecule has 0 radical (unpaired) electrons. The topological polar surface area (TPSA) is 109 Å². The third kappa shape index (κ3) is 3.06. The summed E-state index contributed by atoms with van der Waals surface area (Å²) < 4.78 is 14.7. The van der Waals surface area contributed by atoms with Crippen molar-refractivity contribution in [2.45, 2.75) is 0 Å². The molecule has 21 heavy (non-hydrogen) atoms. The molecule has 1 aromatic carbocycles. The Bertz CT molecular complexity index is 704. The zero-order valence-electron chi connectivity index (χ0n) is 10.8. The number of benzene rings is 1. The molecular formula is C13H9NO7. The van der Waals surface area contributed by atoms with Crippen LogP contribution in [0.4, 0.5) is 5.88 Å². The number of hydrogen-bond acceptors (Lipinski definition) is 7. The van der Waals surface area contributed by atoms with E-state index in [-0.39, 0.29) is 17.3 Å². The van der Waals surface area contributed by atoms with Gasteiger partial charge in [-0.2, -0.15) is 0 Å². The number of carbonyl (C=O) groups excluding carboxylic acids is 2. The normalized spacial score (nSPS) is 9.95. The summed E-state index contributed by atoms with van der Waals surface area (Å²) >= 11 is 0. The number of esters is 1. The van der Waals surface area contributed by atoms with Gasteiger partial charge in [-0.1, -0.05) is 0 Å². The standard InChI is InChI=1S/C13H9NO7/c1-19-11-6-8(7-15)2-3-9(11)21-13(16)10-4-5-12(20-10)14(17)18/h2-7H,1H3. The fourth-order valence-electron chi connectivity index (χ4n) is 1.53. The van der Waals surface area contributed by atoms with Crippen molar-refractivity contribution in [3.63, 3.8) is 0 Å². The number of rotatable bonds is 5. The van der Waals surface area contributed by atoms with Gasteiger partial charge in [0, 0.05) is 5.56 Å². The minimum Gasteiger partial charge on any atom is -0.493 e. The van der Waals surface area contributed by atoms with E-state index in [1.165, 1.54) is 25.3 Å². The van der Waals surface area contributed by atoms with E-state index in [0.717, 1.165) is 12.1 Å². The van der Waals surface area contributed by atoms with Crippen LogP contribution in [-0.4, -0.2) is 24.3 Å².